The maximum absolute atomic E-state index is 11.2. The summed E-state index contributed by atoms with van der Waals surface area (Å²) < 4.78 is 16.1. The number of carbonyl (C=O) groups is 1. The molecule has 0 saturated carbocycles. The third kappa shape index (κ3) is 6.77. The minimum atomic E-state index is -0.242. The fourth-order valence-corrected chi connectivity index (χ4v) is 3.27. The third-order valence-corrected chi connectivity index (χ3v) is 4.52. The monoisotopic (exact) mass is 360 g/mol. The first-order valence-electron chi connectivity index (χ1n) is 8.96. The Kier molecular flexibility index (Phi) is 9.92. The number of carbonyl (C=O) groups excluding carboxylic acids is 1. The first-order valence-corrected chi connectivity index (χ1v) is 8.96. The molecule has 0 spiro atoms. The van der Waals surface area contributed by atoms with E-state index in [0.717, 1.165) is 11.1 Å². The molecule has 0 aromatic heterocycles. The maximum atomic E-state index is 11.2. The normalized spacial score (nSPS) is 16.9. The number of esters is 1. The highest BCUT2D eigenvalue weighted by Crippen LogP contribution is 2.28. The molecule has 1 rings (SSSR count). The lowest BCUT2D eigenvalue weighted by molar-refractivity contribution is -0.139. The standard InChI is InChI=1S/C22H32O4/c1-16(11-10-14-20(23)24-4)21(25-5)17(2)15-18(3)22(26-6)19-12-8-7-9-13-19/h7-13,15-16,18,21-22H,14H2,1-6H3/b11-10+,17-15+/t16-,18+,21+,22-/m0/s1. The van der Waals surface area contributed by atoms with Gasteiger partial charge in [-0.3, -0.25) is 4.79 Å². The highest BCUT2D eigenvalue weighted by molar-refractivity contribution is 5.70. The SMILES string of the molecule is COC(=O)C/C=C/[C@H](C)[C@@H](OC)/C(C)=C/[C@@H](C)[C@H](OC)c1ccccc1. The van der Waals surface area contributed by atoms with Gasteiger partial charge in [-0.25, -0.2) is 0 Å². The second-order valence-electron chi connectivity index (χ2n) is 6.56. The van der Waals surface area contributed by atoms with E-state index in [9.17, 15) is 4.79 Å². The maximum Gasteiger partial charge on any atom is 0.309 e. The number of benzene rings is 1. The Morgan fingerprint density at radius 1 is 1.04 bits per heavy atom. The molecule has 4 nitrogen and oxygen atoms in total. The van der Waals surface area contributed by atoms with Crippen LogP contribution in [0.5, 0.6) is 0 Å². The van der Waals surface area contributed by atoms with E-state index in [4.69, 9.17) is 9.47 Å². The summed E-state index contributed by atoms with van der Waals surface area (Å²) in [5.41, 5.74) is 2.31. The second-order valence-corrected chi connectivity index (χ2v) is 6.56. The smallest absolute Gasteiger partial charge is 0.309 e. The van der Waals surface area contributed by atoms with Gasteiger partial charge in [0, 0.05) is 26.1 Å². The number of rotatable bonds is 10. The summed E-state index contributed by atoms with van der Waals surface area (Å²) in [6, 6.07) is 10.2. The molecular formula is C22H32O4. The molecule has 0 aliphatic carbocycles. The van der Waals surface area contributed by atoms with Crippen LogP contribution in [0.3, 0.4) is 0 Å². The van der Waals surface area contributed by atoms with Gasteiger partial charge in [-0.05, 0) is 18.1 Å². The van der Waals surface area contributed by atoms with Crippen molar-refractivity contribution in [3.05, 3.63) is 59.7 Å². The summed E-state index contributed by atoms with van der Waals surface area (Å²) >= 11 is 0. The van der Waals surface area contributed by atoms with Gasteiger partial charge in [0.1, 0.15) is 0 Å². The van der Waals surface area contributed by atoms with Crippen LogP contribution in [0.2, 0.25) is 0 Å². The van der Waals surface area contributed by atoms with Gasteiger partial charge < -0.3 is 14.2 Å². The van der Waals surface area contributed by atoms with Crippen LogP contribution in [0.25, 0.3) is 0 Å². The largest absolute Gasteiger partial charge is 0.469 e. The van der Waals surface area contributed by atoms with Crippen molar-refractivity contribution in [2.24, 2.45) is 11.8 Å². The molecule has 4 atom stereocenters. The zero-order chi connectivity index (χ0) is 19.5. The van der Waals surface area contributed by atoms with E-state index in [-0.39, 0.29) is 36.4 Å². The Morgan fingerprint density at radius 2 is 1.69 bits per heavy atom. The summed E-state index contributed by atoms with van der Waals surface area (Å²) in [5, 5.41) is 0. The van der Waals surface area contributed by atoms with Crippen molar-refractivity contribution in [2.45, 2.75) is 39.4 Å². The highest BCUT2D eigenvalue weighted by Gasteiger charge is 2.21. The molecular weight excluding hydrogens is 328 g/mol. The van der Waals surface area contributed by atoms with Crippen molar-refractivity contribution < 1.29 is 19.0 Å². The molecule has 0 radical (unpaired) electrons. The van der Waals surface area contributed by atoms with E-state index in [1.165, 1.54) is 7.11 Å². The third-order valence-electron chi connectivity index (χ3n) is 4.52. The van der Waals surface area contributed by atoms with Crippen molar-refractivity contribution in [2.75, 3.05) is 21.3 Å². The van der Waals surface area contributed by atoms with Crippen molar-refractivity contribution in [1.29, 1.82) is 0 Å². The van der Waals surface area contributed by atoms with E-state index >= 15 is 0 Å². The molecule has 0 fully saturated rings. The lowest BCUT2D eigenvalue weighted by Gasteiger charge is -2.25. The zero-order valence-corrected chi connectivity index (χ0v) is 16.8. The molecule has 4 heteroatoms. The average Bonchev–Trinajstić information content (AvgIpc) is 2.63. The van der Waals surface area contributed by atoms with Crippen molar-refractivity contribution in [3.63, 3.8) is 0 Å². The molecule has 1 aromatic carbocycles. The predicted octanol–water partition coefficient (Wildman–Crippen LogP) is 4.73. The van der Waals surface area contributed by atoms with Crippen LogP contribution >= 0.6 is 0 Å². The summed E-state index contributed by atoms with van der Waals surface area (Å²) in [6.07, 6.45) is 6.25. The van der Waals surface area contributed by atoms with Gasteiger partial charge in [-0.1, -0.05) is 62.4 Å². The highest BCUT2D eigenvalue weighted by atomic mass is 16.5. The summed E-state index contributed by atoms with van der Waals surface area (Å²) in [5.74, 6) is 0.103. The number of hydrogen-bond donors (Lipinski definition) is 0. The topological polar surface area (TPSA) is 44.8 Å². The van der Waals surface area contributed by atoms with Crippen LogP contribution in [-0.4, -0.2) is 33.4 Å². The van der Waals surface area contributed by atoms with E-state index in [2.05, 4.69) is 43.7 Å². The molecule has 0 amide bonds. The predicted molar refractivity (Wildman–Crippen MR) is 105 cm³/mol. The zero-order valence-electron chi connectivity index (χ0n) is 16.8. The number of hydrogen-bond acceptors (Lipinski definition) is 4. The minimum absolute atomic E-state index is 0.00571. The second kappa shape index (κ2) is 11.7. The Hall–Kier alpha value is -1.91. The van der Waals surface area contributed by atoms with Crippen LogP contribution < -0.4 is 0 Å². The molecule has 1 aromatic rings. The average molecular weight is 360 g/mol. The van der Waals surface area contributed by atoms with E-state index < -0.39 is 0 Å². The van der Waals surface area contributed by atoms with Gasteiger partial charge in [-0.15, -0.1) is 0 Å². The van der Waals surface area contributed by atoms with E-state index in [0.29, 0.717) is 0 Å². The summed E-state index contributed by atoms with van der Waals surface area (Å²) in [6.45, 7) is 6.30. The molecule has 144 valence electrons. The van der Waals surface area contributed by atoms with E-state index in [1.54, 1.807) is 14.2 Å². The molecule has 0 saturated heterocycles. The Morgan fingerprint density at radius 3 is 2.23 bits per heavy atom. The van der Waals surface area contributed by atoms with Gasteiger partial charge in [0.2, 0.25) is 0 Å². The molecule has 0 unspecified atom stereocenters. The van der Waals surface area contributed by atoms with Crippen molar-refractivity contribution in [3.8, 4) is 0 Å². The van der Waals surface area contributed by atoms with Crippen LogP contribution in [-0.2, 0) is 19.0 Å². The van der Waals surface area contributed by atoms with Gasteiger partial charge >= 0.3 is 5.97 Å². The van der Waals surface area contributed by atoms with Gasteiger partial charge in [0.25, 0.3) is 0 Å². The van der Waals surface area contributed by atoms with Crippen LogP contribution in [0.15, 0.2) is 54.1 Å². The van der Waals surface area contributed by atoms with Crippen LogP contribution in [0.1, 0.15) is 38.9 Å². The first-order chi connectivity index (χ1) is 12.4. The van der Waals surface area contributed by atoms with E-state index in [1.807, 2.05) is 30.4 Å². The summed E-state index contributed by atoms with van der Waals surface area (Å²) in [4.78, 5) is 11.2. The molecule has 26 heavy (non-hydrogen) atoms. The summed E-state index contributed by atoms with van der Waals surface area (Å²) in [7, 11) is 4.84. The molecule has 0 aliphatic heterocycles. The molecule has 0 heterocycles. The quantitative estimate of drug-likeness (QED) is 0.447. The molecule has 0 aliphatic rings. The van der Waals surface area contributed by atoms with Crippen molar-refractivity contribution >= 4 is 5.97 Å². The van der Waals surface area contributed by atoms with Gasteiger partial charge in [-0.2, -0.15) is 0 Å². The fraction of sp³-hybridized carbons (Fsp3) is 0.500. The number of methoxy groups -OCH3 is 3. The Bertz CT molecular complexity index is 591. The molecule has 0 N–H and O–H groups in total. The van der Waals surface area contributed by atoms with Crippen molar-refractivity contribution in [1.82, 2.24) is 0 Å². The fourth-order valence-electron chi connectivity index (χ4n) is 3.27. The first kappa shape index (κ1) is 22.1. The lowest BCUT2D eigenvalue weighted by atomic mass is 9.91. The lowest BCUT2D eigenvalue weighted by Crippen LogP contribution is -2.22. The number of ether oxygens (including phenoxy) is 3. The van der Waals surface area contributed by atoms with Gasteiger partial charge in [0.05, 0.1) is 25.7 Å². The Labute approximate surface area is 157 Å². The minimum Gasteiger partial charge on any atom is -0.469 e. The Balaban J connectivity index is 2.84. The van der Waals surface area contributed by atoms with Crippen LogP contribution in [0.4, 0.5) is 0 Å². The van der Waals surface area contributed by atoms with Crippen LogP contribution in [0, 0.1) is 11.8 Å². The van der Waals surface area contributed by atoms with Gasteiger partial charge in [0.15, 0.2) is 0 Å². The molecule has 0 bridgehead atoms.